The first-order valence-corrected chi connectivity index (χ1v) is 14.9. The largest absolute Gasteiger partial charge is 0.493 e. The highest BCUT2D eigenvalue weighted by molar-refractivity contribution is 5.83. The molecule has 0 radical (unpaired) electrons. The second-order valence-electron chi connectivity index (χ2n) is 12.7. The molecular weight excluding hydrogens is 584 g/mol. The summed E-state index contributed by atoms with van der Waals surface area (Å²) in [5.74, 6) is -1.79. The van der Waals surface area contributed by atoms with E-state index in [1.54, 1.807) is 24.0 Å². The van der Waals surface area contributed by atoms with Crippen LogP contribution >= 0.6 is 0 Å². The molecule has 4 rings (SSSR count). The van der Waals surface area contributed by atoms with E-state index >= 15 is 0 Å². The summed E-state index contributed by atoms with van der Waals surface area (Å²) in [7, 11) is 3.10. The van der Waals surface area contributed by atoms with Crippen molar-refractivity contribution in [3.05, 3.63) is 46.5 Å². The van der Waals surface area contributed by atoms with Crippen LogP contribution in [0.2, 0.25) is 0 Å². The molecule has 12 nitrogen and oxygen atoms in total. The highest BCUT2D eigenvalue weighted by atomic mass is 16.5. The number of ether oxygens (including phenoxy) is 4. The number of amides is 2. The third kappa shape index (κ3) is 7.98. The van der Waals surface area contributed by atoms with Gasteiger partial charge in [-0.15, -0.1) is 0 Å². The average Bonchev–Trinajstić information content (AvgIpc) is 3.61. The van der Waals surface area contributed by atoms with Crippen LogP contribution in [0.25, 0.3) is 0 Å². The molecule has 2 unspecified atom stereocenters. The fraction of sp³-hybridized carbons (Fsp3) is 0.515. The van der Waals surface area contributed by atoms with E-state index in [1.165, 1.54) is 13.8 Å². The summed E-state index contributed by atoms with van der Waals surface area (Å²) in [6.45, 7) is 9.12. The Morgan fingerprint density at radius 1 is 0.667 bits per heavy atom. The Hall–Kier alpha value is -4.48. The lowest BCUT2D eigenvalue weighted by Crippen LogP contribution is -2.29. The normalized spacial score (nSPS) is 15.2. The first kappa shape index (κ1) is 33.4. The molecule has 2 aliphatic rings. The fourth-order valence-corrected chi connectivity index (χ4v) is 5.25. The van der Waals surface area contributed by atoms with Gasteiger partial charge in [0.2, 0.25) is 11.8 Å². The van der Waals surface area contributed by atoms with Crippen molar-refractivity contribution in [3.63, 3.8) is 0 Å². The minimum atomic E-state index is -0.999. The average molecular weight is 627 g/mol. The molecule has 12 heteroatoms. The van der Waals surface area contributed by atoms with Gasteiger partial charge in [0.05, 0.1) is 39.3 Å². The smallest absolute Gasteiger partial charge is 0.306 e. The van der Waals surface area contributed by atoms with Gasteiger partial charge < -0.3 is 39.0 Å². The van der Waals surface area contributed by atoms with E-state index in [9.17, 15) is 19.2 Å². The number of hydrogen-bond donors (Lipinski definition) is 2. The third-order valence-corrected chi connectivity index (χ3v) is 8.16. The first-order chi connectivity index (χ1) is 21.2. The number of carbonyl (C=O) groups excluding carboxylic acids is 2. The molecule has 0 saturated carbocycles. The van der Waals surface area contributed by atoms with Crippen molar-refractivity contribution in [3.8, 4) is 23.0 Å². The number of carboxylic acid groups (broad SMARTS) is 2. The number of rotatable bonds is 14. The van der Waals surface area contributed by atoms with Crippen molar-refractivity contribution in [1.82, 2.24) is 9.80 Å². The Bertz CT molecular complexity index is 1360. The molecular formula is C33H42N2O10. The lowest BCUT2D eigenvalue weighted by atomic mass is 9.96. The lowest BCUT2D eigenvalue weighted by Gasteiger charge is -2.26. The summed E-state index contributed by atoms with van der Waals surface area (Å²) in [4.78, 5) is 51.0. The summed E-state index contributed by atoms with van der Waals surface area (Å²) in [6, 6.07) is 7.45. The topological polar surface area (TPSA) is 152 Å². The maximum atomic E-state index is 12.7. The zero-order valence-electron chi connectivity index (χ0n) is 26.7. The van der Waals surface area contributed by atoms with E-state index in [-0.39, 0.29) is 37.9 Å². The van der Waals surface area contributed by atoms with Crippen LogP contribution in [0.3, 0.4) is 0 Å². The summed E-state index contributed by atoms with van der Waals surface area (Å²) in [5, 5.41) is 18.3. The Morgan fingerprint density at radius 3 is 1.27 bits per heavy atom. The van der Waals surface area contributed by atoms with Crippen molar-refractivity contribution in [2.24, 2.45) is 17.3 Å². The second kappa shape index (κ2) is 13.7. The molecule has 2 atom stereocenters. The number of methoxy groups -OCH3 is 2. The van der Waals surface area contributed by atoms with E-state index in [2.05, 4.69) is 0 Å². The van der Waals surface area contributed by atoms with Gasteiger partial charge in [0.15, 0.2) is 23.0 Å². The molecule has 2 heterocycles. The monoisotopic (exact) mass is 626 g/mol. The molecule has 0 bridgehead atoms. The highest BCUT2D eigenvalue weighted by Gasteiger charge is 2.30. The number of fused-ring (bicyclic) bond motifs is 2. The van der Waals surface area contributed by atoms with Crippen molar-refractivity contribution in [2.75, 3.05) is 27.4 Å². The molecule has 2 N–H and O–H groups in total. The number of nitrogens with zero attached hydrogens (tertiary/aromatic N) is 2. The van der Waals surface area contributed by atoms with Gasteiger partial charge in [-0.2, -0.15) is 0 Å². The van der Waals surface area contributed by atoms with Crippen LogP contribution in [0.5, 0.6) is 23.0 Å². The summed E-state index contributed by atoms with van der Waals surface area (Å²) >= 11 is 0. The van der Waals surface area contributed by atoms with Gasteiger partial charge >= 0.3 is 11.9 Å². The summed E-state index contributed by atoms with van der Waals surface area (Å²) < 4.78 is 23.6. The van der Waals surface area contributed by atoms with Crippen LogP contribution in [0.15, 0.2) is 24.3 Å². The van der Waals surface area contributed by atoms with Crippen molar-refractivity contribution < 1.29 is 48.3 Å². The lowest BCUT2D eigenvalue weighted by molar-refractivity contribution is -0.145. The third-order valence-electron chi connectivity index (χ3n) is 8.16. The van der Waals surface area contributed by atoms with E-state index in [1.807, 2.05) is 38.1 Å². The van der Waals surface area contributed by atoms with Crippen LogP contribution in [0.4, 0.5) is 0 Å². The van der Waals surface area contributed by atoms with Crippen molar-refractivity contribution >= 4 is 23.8 Å². The fourth-order valence-electron chi connectivity index (χ4n) is 5.25. The molecule has 0 aliphatic carbocycles. The maximum Gasteiger partial charge on any atom is 0.306 e. The van der Waals surface area contributed by atoms with Crippen molar-refractivity contribution in [2.45, 2.75) is 66.7 Å². The molecule has 0 saturated heterocycles. The predicted octanol–water partition coefficient (Wildman–Crippen LogP) is 4.09. The van der Waals surface area contributed by atoms with Gasteiger partial charge in [-0.05, 0) is 46.5 Å². The Kier molecular flexibility index (Phi) is 10.1. The standard InChI is InChI=1S/C33H42N2O10/c1-19(31(38)39)7-29(36)34-13-21-9-25(42-5)27(11-23(21)15-34)44-17-33(3,4)18-45-28-12-24-16-35(14-22(24)10-26(28)43-6)30(37)8-20(2)32(40)41/h9-12,19-20H,7-8,13-18H2,1-6H3,(H,38,39)(H,40,41). The van der Waals surface area contributed by atoms with E-state index in [4.69, 9.17) is 29.2 Å². The number of benzene rings is 2. The number of hydrogen-bond acceptors (Lipinski definition) is 8. The van der Waals surface area contributed by atoms with Crippen LogP contribution in [0.1, 0.15) is 62.8 Å². The molecule has 0 aromatic heterocycles. The van der Waals surface area contributed by atoms with E-state index < -0.39 is 29.2 Å². The van der Waals surface area contributed by atoms with Crippen LogP contribution < -0.4 is 18.9 Å². The zero-order valence-corrected chi connectivity index (χ0v) is 26.7. The Morgan fingerprint density at radius 2 is 0.978 bits per heavy atom. The quantitative estimate of drug-likeness (QED) is 0.314. The molecule has 0 spiro atoms. The van der Waals surface area contributed by atoms with Crippen molar-refractivity contribution in [1.29, 1.82) is 0 Å². The number of carboxylic acids is 2. The van der Waals surface area contributed by atoms with E-state index in [0.29, 0.717) is 49.2 Å². The Labute approximate surface area is 262 Å². The maximum absolute atomic E-state index is 12.7. The minimum Gasteiger partial charge on any atom is -0.493 e. The first-order valence-electron chi connectivity index (χ1n) is 14.9. The summed E-state index contributed by atoms with van der Waals surface area (Å²) in [5.41, 5.74) is 3.25. The van der Waals surface area contributed by atoms with Crippen LogP contribution in [0, 0.1) is 17.3 Å². The summed E-state index contributed by atoms with van der Waals surface area (Å²) in [6.07, 6.45) is -0.120. The zero-order chi connectivity index (χ0) is 33.1. The molecule has 2 aromatic carbocycles. The molecule has 244 valence electrons. The second-order valence-corrected chi connectivity index (χ2v) is 12.7. The van der Waals surface area contributed by atoms with Gasteiger partial charge in [0.25, 0.3) is 0 Å². The van der Waals surface area contributed by atoms with Gasteiger partial charge in [-0.3, -0.25) is 19.2 Å². The molecule has 2 aliphatic heterocycles. The molecule has 2 aromatic rings. The van der Waals surface area contributed by atoms with Gasteiger partial charge in [0, 0.05) is 44.4 Å². The van der Waals surface area contributed by atoms with Gasteiger partial charge in [-0.25, -0.2) is 0 Å². The van der Waals surface area contributed by atoms with Gasteiger partial charge in [0.1, 0.15) is 0 Å². The van der Waals surface area contributed by atoms with E-state index in [0.717, 1.165) is 22.3 Å². The highest BCUT2D eigenvalue weighted by Crippen LogP contribution is 2.38. The minimum absolute atomic E-state index is 0.0601. The molecule has 45 heavy (non-hydrogen) atoms. The van der Waals surface area contributed by atoms with Gasteiger partial charge in [-0.1, -0.05) is 27.7 Å². The SMILES string of the molecule is COc1cc2c(cc1OCC(C)(C)COc1cc3c(cc1OC)CN(C(=O)CC(C)C(=O)O)C3)CN(C(=O)CC(C)C(=O)O)C2. The molecule has 2 amide bonds. The van der Waals surface area contributed by atoms with Crippen LogP contribution in [-0.2, 0) is 45.4 Å². The number of aliphatic carboxylic acids is 2. The predicted molar refractivity (Wildman–Crippen MR) is 162 cm³/mol. The Balaban J connectivity index is 1.37. The molecule has 0 fully saturated rings. The number of carbonyl (C=O) groups is 4. The van der Waals surface area contributed by atoms with Crippen LogP contribution in [-0.4, -0.2) is 71.2 Å².